The zero-order valence-corrected chi connectivity index (χ0v) is 15.1. The summed E-state index contributed by atoms with van der Waals surface area (Å²) in [5.41, 5.74) is 2.88. The van der Waals surface area contributed by atoms with Crippen LogP contribution in [0, 0.1) is 4.77 Å². The van der Waals surface area contributed by atoms with Crippen LogP contribution in [0.25, 0.3) is 22.8 Å². The molecule has 128 valence electrons. The molecule has 0 bridgehead atoms. The van der Waals surface area contributed by atoms with Crippen molar-refractivity contribution in [1.29, 1.82) is 0 Å². The van der Waals surface area contributed by atoms with Crippen molar-refractivity contribution in [1.82, 2.24) is 14.3 Å². The number of rotatable bonds is 4. The summed E-state index contributed by atoms with van der Waals surface area (Å²) in [7, 11) is 1.65. The summed E-state index contributed by atoms with van der Waals surface area (Å²) >= 11 is 5.77. The number of para-hydroxylation sites is 1. The highest BCUT2D eigenvalue weighted by atomic mass is 32.1. The molecule has 0 N–H and O–H groups in total. The van der Waals surface area contributed by atoms with E-state index in [9.17, 15) is 0 Å². The van der Waals surface area contributed by atoms with Crippen LogP contribution in [0.5, 0.6) is 5.75 Å². The van der Waals surface area contributed by atoms with Crippen LogP contribution in [0.15, 0.2) is 84.9 Å². The molecule has 26 heavy (non-hydrogen) atoms. The molecule has 4 nitrogen and oxygen atoms in total. The average Bonchev–Trinajstić information content (AvgIpc) is 3.06. The van der Waals surface area contributed by atoms with Gasteiger partial charge in [0.25, 0.3) is 0 Å². The number of hydrogen-bond donors (Lipinski definition) is 0. The van der Waals surface area contributed by atoms with E-state index in [0.29, 0.717) is 4.77 Å². The first kappa shape index (κ1) is 16.3. The zero-order chi connectivity index (χ0) is 17.9. The van der Waals surface area contributed by atoms with Crippen molar-refractivity contribution in [2.24, 2.45) is 0 Å². The number of methoxy groups -OCH3 is 1. The predicted octanol–water partition coefficient (Wildman–Crippen LogP) is 5.07. The Bertz CT molecular complexity index is 1070. The highest BCUT2D eigenvalue weighted by Crippen LogP contribution is 2.24. The van der Waals surface area contributed by atoms with Gasteiger partial charge in [0.1, 0.15) is 5.75 Å². The molecule has 0 unspecified atom stereocenters. The summed E-state index contributed by atoms with van der Waals surface area (Å²) in [5, 5.41) is 4.82. The normalized spacial score (nSPS) is 10.7. The van der Waals surface area contributed by atoms with E-state index in [2.05, 4.69) is 0 Å². The molecule has 3 aromatic carbocycles. The van der Waals surface area contributed by atoms with Crippen LogP contribution in [-0.2, 0) is 0 Å². The standard InChI is InChI=1S/C21H17N3OS/c1-25-19-14-12-18(13-15-19)24-21(26)23(17-10-6-3-7-11-17)20(22-24)16-8-4-2-5-9-16/h2-15H,1H3. The van der Waals surface area contributed by atoms with Gasteiger partial charge < -0.3 is 4.74 Å². The number of nitrogens with zero attached hydrogens (tertiary/aromatic N) is 3. The minimum absolute atomic E-state index is 0.611. The van der Waals surface area contributed by atoms with Gasteiger partial charge in [0.2, 0.25) is 4.77 Å². The summed E-state index contributed by atoms with van der Waals surface area (Å²) in [6.45, 7) is 0. The molecule has 0 fully saturated rings. The summed E-state index contributed by atoms with van der Waals surface area (Å²) in [6.07, 6.45) is 0. The van der Waals surface area contributed by atoms with E-state index in [-0.39, 0.29) is 0 Å². The Kier molecular flexibility index (Phi) is 4.37. The predicted molar refractivity (Wildman–Crippen MR) is 106 cm³/mol. The molecule has 4 aromatic rings. The Hall–Kier alpha value is -3.18. The quantitative estimate of drug-likeness (QED) is 0.477. The number of hydrogen-bond acceptors (Lipinski definition) is 3. The van der Waals surface area contributed by atoms with E-state index in [1.54, 1.807) is 11.8 Å². The third-order valence-electron chi connectivity index (χ3n) is 4.14. The molecule has 0 amide bonds. The Morgan fingerprint density at radius 2 is 1.38 bits per heavy atom. The number of aromatic nitrogens is 3. The summed E-state index contributed by atoms with van der Waals surface area (Å²) in [4.78, 5) is 0. The molecule has 0 atom stereocenters. The Morgan fingerprint density at radius 1 is 0.769 bits per heavy atom. The van der Waals surface area contributed by atoms with Gasteiger partial charge in [-0.2, -0.15) is 0 Å². The third-order valence-corrected chi connectivity index (χ3v) is 4.50. The average molecular weight is 359 g/mol. The van der Waals surface area contributed by atoms with E-state index in [1.807, 2.05) is 89.5 Å². The zero-order valence-electron chi connectivity index (χ0n) is 14.2. The van der Waals surface area contributed by atoms with Crippen molar-refractivity contribution in [2.75, 3.05) is 7.11 Å². The van der Waals surface area contributed by atoms with Crippen LogP contribution in [0.4, 0.5) is 0 Å². The van der Waals surface area contributed by atoms with Crippen molar-refractivity contribution >= 4 is 12.2 Å². The first-order chi connectivity index (χ1) is 12.8. The highest BCUT2D eigenvalue weighted by Gasteiger charge is 2.15. The molecular formula is C21H17N3OS. The van der Waals surface area contributed by atoms with Crippen LogP contribution in [0.1, 0.15) is 0 Å². The maximum Gasteiger partial charge on any atom is 0.207 e. The number of ether oxygens (including phenoxy) is 1. The van der Waals surface area contributed by atoms with E-state index >= 15 is 0 Å². The van der Waals surface area contributed by atoms with Gasteiger partial charge in [-0.1, -0.05) is 48.5 Å². The Morgan fingerprint density at radius 3 is 2.00 bits per heavy atom. The number of benzene rings is 3. The van der Waals surface area contributed by atoms with Gasteiger partial charge in [0.15, 0.2) is 5.82 Å². The van der Waals surface area contributed by atoms with Gasteiger partial charge in [-0.25, -0.2) is 4.68 Å². The van der Waals surface area contributed by atoms with Crippen molar-refractivity contribution in [3.63, 3.8) is 0 Å². The van der Waals surface area contributed by atoms with Crippen LogP contribution in [0.2, 0.25) is 0 Å². The first-order valence-corrected chi connectivity index (χ1v) is 8.66. The van der Waals surface area contributed by atoms with Gasteiger partial charge >= 0.3 is 0 Å². The Balaban J connectivity index is 1.94. The Labute approximate surface area is 156 Å². The molecule has 0 aliphatic carbocycles. The largest absolute Gasteiger partial charge is 0.497 e. The molecule has 0 aliphatic heterocycles. The molecule has 0 radical (unpaired) electrons. The lowest BCUT2D eigenvalue weighted by atomic mass is 10.2. The van der Waals surface area contributed by atoms with Gasteiger partial charge in [-0.3, -0.25) is 4.57 Å². The molecule has 1 aromatic heterocycles. The van der Waals surface area contributed by atoms with E-state index in [1.165, 1.54) is 0 Å². The fourth-order valence-corrected chi connectivity index (χ4v) is 3.18. The van der Waals surface area contributed by atoms with E-state index in [0.717, 1.165) is 28.5 Å². The van der Waals surface area contributed by atoms with Crippen molar-refractivity contribution in [2.45, 2.75) is 0 Å². The maximum absolute atomic E-state index is 5.77. The van der Waals surface area contributed by atoms with Gasteiger partial charge in [0, 0.05) is 11.3 Å². The maximum atomic E-state index is 5.77. The fourth-order valence-electron chi connectivity index (χ4n) is 2.84. The van der Waals surface area contributed by atoms with Crippen molar-refractivity contribution in [3.05, 3.63) is 89.7 Å². The molecule has 0 aliphatic rings. The highest BCUT2D eigenvalue weighted by molar-refractivity contribution is 7.71. The van der Waals surface area contributed by atoms with Crippen LogP contribution in [-0.4, -0.2) is 21.5 Å². The van der Waals surface area contributed by atoms with Gasteiger partial charge in [-0.15, -0.1) is 5.10 Å². The summed E-state index contributed by atoms with van der Waals surface area (Å²) in [5.74, 6) is 1.60. The molecule has 4 rings (SSSR count). The monoisotopic (exact) mass is 359 g/mol. The lowest BCUT2D eigenvalue weighted by Crippen LogP contribution is -1.99. The van der Waals surface area contributed by atoms with Crippen LogP contribution in [0.3, 0.4) is 0 Å². The van der Waals surface area contributed by atoms with Gasteiger partial charge in [-0.05, 0) is 48.6 Å². The lowest BCUT2D eigenvalue weighted by molar-refractivity contribution is 0.414. The molecular weight excluding hydrogens is 342 g/mol. The minimum atomic E-state index is 0.611. The molecule has 0 saturated carbocycles. The lowest BCUT2D eigenvalue weighted by Gasteiger charge is -2.06. The second-order valence-electron chi connectivity index (χ2n) is 5.75. The van der Waals surface area contributed by atoms with Crippen molar-refractivity contribution < 1.29 is 4.74 Å². The topological polar surface area (TPSA) is 32.0 Å². The summed E-state index contributed by atoms with van der Waals surface area (Å²) < 4.78 is 9.63. The minimum Gasteiger partial charge on any atom is -0.497 e. The van der Waals surface area contributed by atoms with E-state index in [4.69, 9.17) is 22.1 Å². The van der Waals surface area contributed by atoms with Crippen LogP contribution >= 0.6 is 12.2 Å². The first-order valence-electron chi connectivity index (χ1n) is 8.25. The third kappa shape index (κ3) is 2.93. The molecule has 5 heteroatoms. The fraction of sp³-hybridized carbons (Fsp3) is 0.0476. The summed E-state index contributed by atoms with van der Waals surface area (Å²) in [6, 6.07) is 27.8. The van der Waals surface area contributed by atoms with E-state index < -0.39 is 0 Å². The molecule has 0 saturated heterocycles. The smallest absolute Gasteiger partial charge is 0.207 e. The van der Waals surface area contributed by atoms with Crippen molar-refractivity contribution in [3.8, 4) is 28.5 Å². The van der Waals surface area contributed by atoms with Crippen LogP contribution < -0.4 is 4.74 Å². The van der Waals surface area contributed by atoms with Gasteiger partial charge in [0.05, 0.1) is 12.8 Å². The second-order valence-corrected chi connectivity index (χ2v) is 6.12. The SMILES string of the molecule is COc1ccc(-n2nc(-c3ccccc3)n(-c3ccccc3)c2=S)cc1. The molecule has 0 spiro atoms. The molecule has 1 heterocycles. The second kappa shape index (κ2) is 6.98.